The topological polar surface area (TPSA) is 72.6 Å². The van der Waals surface area contributed by atoms with Crippen LogP contribution in [0.25, 0.3) is 11.3 Å². The number of anilines is 1. The van der Waals surface area contributed by atoms with E-state index in [4.69, 9.17) is 9.26 Å². The van der Waals surface area contributed by atoms with Gasteiger partial charge in [-0.25, -0.2) is 8.42 Å². The zero-order chi connectivity index (χ0) is 17.9. The Balaban J connectivity index is 1.64. The van der Waals surface area contributed by atoms with E-state index in [0.29, 0.717) is 30.1 Å². The molecular weight excluding hydrogens is 352 g/mol. The standard InChI is InChI=1S/C19H16N2O4S/c1-12-8-13-4-2-3-5-17(13)21(12)26(22,23)15-6-7-18-16(9-15)19-14(11-24-18)10-20-25-19/h2-7,9-10,12H,8,11H2,1H3/t12-/m1/s1. The fraction of sp³-hybridized carbons (Fsp3) is 0.211. The van der Waals surface area contributed by atoms with E-state index in [9.17, 15) is 8.42 Å². The first-order valence-corrected chi connectivity index (χ1v) is 9.83. The molecule has 0 N–H and O–H groups in total. The van der Waals surface area contributed by atoms with E-state index in [2.05, 4.69) is 5.16 Å². The van der Waals surface area contributed by atoms with Crippen LogP contribution >= 0.6 is 0 Å². The van der Waals surface area contributed by atoms with Gasteiger partial charge < -0.3 is 9.26 Å². The Kier molecular flexibility index (Phi) is 3.18. The number of fused-ring (bicyclic) bond motifs is 4. The molecule has 0 bridgehead atoms. The molecule has 0 fully saturated rings. The Morgan fingerprint density at radius 1 is 1.15 bits per heavy atom. The van der Waals surface area contributed by atoms with Crippen LogP contribution in [0.5, 0.6) is 5.75 Å². The van der Waals surface area contributed by atoms with E-state index in [1.54, 1.807) is 24.4 Å². The second-order valence-electron chi connectivity index (χ2n) is 6.61. The highest BCUT2D eigenvalue weighted by atomic mass is 32.2. The lowest BCUT2D eigenvalue weighted by Crippen LogP contribution is -2.35. The predicted molar refractivity (Wildman–Crippen MR) is 95.5 cm³/mol. The van der Waals surface area contributed by atoms with Crippen LogP contribution in [0.4, 0.5) is 5.69 Å². The zero-order valence-corrected chi connectivity index (χ0v) is 14.9. The minimum Gasteiger partial charge on any atom is -0.488 e. The fourth-order valence-corrected chi connectivity index (χ4v) is 5.45. The molecule has 3 aromatic rings. The summed E-state index contributed by atoms with van der Waals surface area (Å²) in [6.45, 7) is 2.29. The summed E-state index contributed by atoms with van der Waals surface area (Å²) in [4.78, 5) is 0.215. The molecule has 3 heterocycles. The van der Waals surface area contributed by atoms with Crippen LogP contribution in [0.15, 0.2) is 58.1 Å². The van der Waals surface area contributed by atoms with Crippen molar-refractivity contribution in [2.24, 2.45) is 0 Å². The predicted octanol–water partition coefficient (Wildman–Crippen LogP) is 3.37. The number of benzene rings is 2. The second kappa shape index (κ2) is 5.35. The van der Waals surface area contributed by atoms with Crippen molar-refractivity contribution in [2.75, 3.05) is 4.31 Å². The number of para-hydroxylation sites is 1. The molecule has 5 rings (SSSR count). The first kappa shape index (κ1) is 15.5. The quantitative estimate of drug-likeness (QED) is 0.693. The molecule has 6 nitrogen and oxygen atoms in total. The summed E-state index contributed by atoms with van der Waals surface area (Å²) in [5.41, 5.74) is 3.22. The summed E-state index contributed by atoms with van der Waals surface area (Å²) >= 11 is 0. The maximum atomic E-state index is 13.4. The molecule has 0 amide bonds. The van der Waals surface area contributed by atoms with Gasteiger partial charge in [0.25, 0.3) is 10.0 Å². The molecule has 2 aliphatic heterocycles. The van der Waals surface area contributed by atoms with E-state index in [-0.39, 0.29) is 10.9 Å². The van der Waals surface area contributed by atoms with Crippen molar-refractivity contribution in [3.05, 3.63) is 59.8 Å². The van der Waals surface area contributed by atoms with Gasteiger partial charge in [0.2, 0.25) is 0 Å². The minimum absolute atomic E-state index is 0.134. The Hall–Kier alpha value is -2.80. The average molecular weight is 368 g/mol. The van der Waals surface area contributed by atoms with Crippen LogP contribution in [0, 0.1) is 0 Å². The summed E-state index contributed by atoms with van der Waals surface area (Å²) in [6, 6.07) is 12.4. The molecule has 0 unspecified atom stereocenters. The molecule has 0 spiro atoms. The molecular formula is C19H16N2O4S. The molecule has 0 saturated heterocycles. The first-order chi connectivity index (χ1) is 12.6. The third-order valence-corrected chi connectivity index (χ3v) is 6.85. The largest absolute Gasteiger partial charge is 0.488 e. The van der Waals surface area contributed by atoms with Gasteiger partial charge in [-0.05, 0) is 43.2 Å². The molecule has 0 saturated carbocycles. The Morgan fingerprint density at radius 3 is 2.88 bits per heavy atom. The van der Waals surface area contributed by atoms with Gasteiger partial charge in [-0.2, -0.15) is 0 Å². The van der Waals surface area contributed by atoms with Gasteiger partial charge in [0.1, 0.15) is 12.4 Å². The minimum atomic E-state index is -3.70. The Bertz CT molecular complexity index is 1120. The van der Waals surface area contributed by atoms with Gasteiger partial charge in [-0.1, -0.05) is 23.4 Å². The van der Waals surface area contributed by atoms with Crippen LogP contribution in [0.2, 0.25) is 0 Å². The maximum absolute atomic E-state index is 13.4. The van der Waals surface area contributed by atoms with Crippen LogP contribution < -0.4 is 9.04 Å². The van der Waals surface area contributed by atoms with Crippen molar-refractivity contribution in [3.8, 4) is 17.1 Å². The number of sulfonamides is 1. The monoisotopic (exact) mass is 368 g/mol. The van der Waals surface area contributed by atoms with Gasteiger partial charge in [-0.3, -0.25) is 4.31 Å². The van der Waals surface area contributed by atoms with Gasteiger partial charge in [-0.15, -0.1) is 0 Å². The van der Waals surface area contributed by atoms with Crippen molar-refractivity contribution in [2.45, 2.75) is 30.9 Å². The van der Waals surface area contributed by atoms with Gasteiger partial charge in [0, 0.05) is 6.04 Å². The summed E-state index contributed by atoms with van der Waals surface area (Å²) in [5, 5.41) is 3.80. The Morgan fingerprint density at radius 2 is 2.00 bits per heavy atom. The number of rotatable bonds is 2. The molecule has 132 valence electrons. The zero-order valence-electron chi connectivity index (χ0n) is 14.0. The lowest BCUT2D eigenvalue weighted by atomic mass is 10.1. The van der Waals surface area contributed by atoms with Gasteiger partial charge in [0.05, 0.1) is 27.9 Å². The highest BCUT2D eigenvalue weighted by molar-refractivity contribution is 7.92. The molecule has 26 heavy (non-hydrogen) atoms. The third-order valence-electron chi connectivity index (χ3n) is 4.92. The van der Waals surface area contributed by atoms with E-state index in [0.717, 1.165) is 16.8 Å². The lowest BCUT2D eigenvalue weighted by Gasteiger charge is -2.25. The fourth-order valence-electron chi connectivity index (χ4n) is 3.73. The van der Waals surface area contributed by atoms with Crippen LogP contribution in [-0.2, 0) is 23.1 Å². The van der Waals surface area contributed by atoms with Crippen molar-refractivity contribution in [3.63, 3.8) is 0 Å². The Labute approximate surface area is 151 Å². The highest BCUT2D eigenvalue weighted by Gasteiger charge is 2.36. The smallest absolute Gasteiger partial charge is 0.264 e. The number of nitrogens with zero attached hydrogens (tertiary/aromatic N) is 2. The summed E-state index contributed by atoms with van der Waals surface area (Å²) in [6.07, 6.45) is 2.30. The van der Waals surface area contributed by atoms with E-state index in [1.807, 2.05) is 31.2 Å². The van der Waals surface area contributed by atoms with Crippen molar-refractivity contribution in [1.29, 1.82) is 0 Å². The van der Waals surface area contributed by atoms with E-state index >= 15 is 0 Å². The average Bonchev–Trinajstić information content (AvgIpc) is 3.24. The van der Waals surface area contributed by atoms with Crippen molar-refractivity contribution >= 4 is 15.7 Å². The maximum Gasteiger partial charge on any atom is 0.264 e. The number of aromatic nitrogens is 1. The summed E-state index contributed by atoms with van der Waals surface area (Å²) in [5.74, 6) is 1.17. The third kappa shape index (κ3) is 2.10. The van der Waals surface area contributed by atoms with Crippen molar-refractivity contribution in [1.82, 2.24) is 5.16 Å². The van der Waals surface area contributed by atoms with E-state index < -0.39 is 10.0 Å². The molecule has 1 aromatic heterocycles. The van der Waals surface area contributed by atoms with Gasteiger partial charge in [0.15, 0.2) is 5.76 Å². The lowest BCUT2D eigenvalue weighted by molar-refractivity contribution is 0.297. The second-order valence-corrected chi connectivity index (χ2v) is 8.42. The van der Waals surface area contributed by atoms with Gasteiger partial charge >= 0.3 is 0 Å². The molecule has 7 heteroatoms. The first-order valence-electron chi connectivity index (χ1n) is 8.39. The molecule has 2 aliphatic rings. The highest BCUT2D eigenvalue weighted by Crippen LogP contribution is 2.41. The molecule has 1 atom stereocenters. The molecule has 0 aliphatic carbocycles. The van der Waals surface area contributed by atoms with E-state index in [1.165, 1.54) is 4.31 Å². The van der Waals surface area contributed by atoms with Crippen molar-refractivity contribution < 1.29 is 17.7 Å². The number of hydrogen-bond donors (Lipinski definition) is 0. The number of hydrogen-bond acceptors (Lipinski definition) is 5. The van der Waals surface area contributed by atoms with Crippen LogP contribution in [0.3, 0.4) is 0 Å². The summed E-state index contributed by atoms with van der Waals surface area (Å²) < 4.78 is 39.3. The SMILES string of the molecule is C[C@@H]1Cc2ccccc2N1S(=O)(=O)c1ccc2c(c1)-c1oncc1CO2. The summed E-state index contributed by atoms with van der Waals surface area (Å²) in [7, 11) is -3.70. The van der Waals surface area contributed by atoms with Crippen LogP contribution in [0.1, 0.15) is 18.1 Å². The normalized spacial score (nSPS) is 18.0. The number of ether oxygens (including phenoxy) is 1. The molecule has 0 radical (unpaired) electrons. The molecule has 2 aromatic carbocycles. The van der Waals surface area contributed by atoms with Crippen LogP contribution in [-0.4, -0.2) is 19.6 Å².